The average Bonchev–Trinajstić information content (AvgIpc) is 2.81. The molecule has 90 valence electrons. The molecule has 0 saturated carbocycles. The van der Waals surface area contributed by atoms with Gasteiger partial charge in [-0.2, -0.15) is 11.8 Å². The Kier molecular flexibility index (Phi) is 3.47. The second-order valence-electron chi connectivity index (χ2n) is 4.18. The number of hydrogen-bond acceptors (Lipinski definition) is 4. The fraction of sp³-hybridized carbons (Fsp3) is 0.417. The fourth-order valence-corrected chi connectivity index (χ4v) is 3.17. The van der Waals surface area contributed by atoms with Crippen LogP contribution in [0, 0.1) is 23.0 Å². The number of hydrogen-bond donors (Lipinski definition) is 0. The predicted molar refractivity (Wildman–Crippen MR) is 67.6 cm³/mol. The van der Waals surface area contributed by atoms with E-state index in [4.69, 9.17) is 0 Å². The summed E-state index contributed by atoms with van der Waals surface area (Å²) in [5.41, 5.74) is 1.31. The highest BCUT2D eigenvalue weighted by Gasteiger charge is 2.26. The van der Waals surface area contributed by atoms with Crippen molar-refractivity contribution >= 4 is 23.2 Å². The van der Waals surface area contributed by atoms with Crippen molar-refractivity contribution in [2.24, 2.45) is 5.92 Å². The normalized spacial score (nSPS) is 19.2. The molecule has 1 aliphatic heterocycles. The molecule has 1 unspecified atom stereocenters. The molecule has 2 rings (SSSR count). The molecule has 0 spiro atoms. The summed E-state index contributed by atoms with van der Waals surface area (Å²) in [6, 6.07) is 4.49. The second kappa shape index (κ2) is 4.87. The van der Waals surface area contributed by atoms with Crippen molar-refractivity contribution in [3.8, 4) is 0 Å². The van der Waals surface area contributed by atoms with E-state index in [0.29, 0.717) is 5.56 Å². The van der Waals surface area contributed by atoms with Crippen LogP contribution in [-0.4, -0.2) is 22.2 Å². The van der Waals surface area contributed by atoms with Gasteiger partial charge in [0.25, 0.3) is 5.69 Å². The number of benzene rings is 1. The van der Waals surface area contributed by atoms with Crippen molar-refractivity contribution in [3.63, 3.8) is 0 Å². The molecular weight excluding hydrogens is 238 g/mol. The largest absolute Gasteiger partial charge is 0.294 e. The average molecular weight is 251 g/mol. The molecule has 0 radical (unpaired) electrons. The van der Waals surface area contributed by atoms with Gasteiger partial charge < -0.3 is 0 Å². The van der Waals surface area contributed by atoms with Crippen LogP contribution in [0.4, 0.5) is 5.69 Å². The number of carbonyl (C=O) groups is 1. The minimum Gasteiger partial charge on any atom is -0.294 e. The Labute approximate surface area is 104 Å². The van der Waals surface area contributed by atoms with Gasteiger partial charge in [0.05, 0.1) is 4.92 Å². The first kappa shape index (κ1) is 12.1. The summed E-state index contributed by atoms with van der Waals surface area (Å²) in [7, 11) is 0. The van der Waals surface area contributed by atoms with Crippen molar-refractivity contribution in [2.45, 2.75) is 13.3 Å². The summed E-state index contributed by atoms with van der Waals surface area (Å²) in [5, 5.41) is 10.7. The molecule has 1 atom stereocenters. The summed E-state index contributed by atoms with van der Waals surface area (Å²) in [5.74, 6) is 1.92. The zero-order chi connectivity index (χ0) is 12.4. The molecule has 1 aliphatic rings. The van der Waals surface area contributed by atoms with E-state index in [1.54, 1.807) is 17.8 Å². The molecule has 0 bridgehead atoms. The lowest BCUT2D eigenvalue weighted by Crippen LogP contribution is -2.15. The van der Waals surface area contributed by atoms with Gasteiger partial charge in [0, 0.05) is 29.4 Å². The van der Waals surface area contributed by atoms with E-state index in [2.05, 4.69) is 0 Å². The summed E-state index contributed by atoms with van der Waals surface area (Å²) in [6.45, 7) is 1.82. The minimum atomic E-state index is -0.459. The molecule has 0 aromatic heterocycles. The Bertz CT molecular complexity index is 467. The SMILES string of the molecule is Cc1ccc([N+](=O)[O-])cc1C(=O)C1CCSC1. The van der Waals surface area contributed by atoms with Crippen LogP contribution in [-0.2, 0) is 0 Å². The third-order valence-corrected chi connectivity index (χ3v) is 4.16. The molecule has 0 amide bonds. The predicted octanol–water partition coefficient (Wildman–Crippen LogP) is 2.84. The number of ketones is 1. The van der Waals surface area contributed by atoms with Gasteiger partial charge in [0.2, 0.25) is 0 Å². The van der Waals surface area contributed by atoms with Gasteiger partial charge in [-0.3, -0.25) is 14.9 Å². The first-order valence-electron chi connectivity index (χ1n) is 5.46. The number of thioether (sulfide) groups is 1. The first-order chi connectivity index (χ1) is 8.09. The number of rotatable bonds is 3. The van der Waals surface area contributed by atoms with Crippen molar-refractivity contribution in [3.05, 3.63) is 39.4 Å². The monoisotopic (exact) mass is 251 g/mol. The number of non-ortho nitro benzene ring substituents is 1. The number of nitrogens with zero attached hydrogens (tertiary/aromatic N) is 1. The van der Waals surface area contributed by atoms with E-state index in [-0.39, 0.29) is 17.4 Å². The molecule has 17 heavy (non-hydrogen) atoms. The Morgan fingerprint density at radius 3 is 2.88 bits per heavy atom. The van der Waals surface area contributed by atoms with Crippen LogP contribution < -0.4 is 0 Å². The fourth-order valence-electron chi connectivity index (χ4n) is 1.95. The van der Waals surface area contributed by atoms with Gasteiger partial charge in [-0.1, -0.05) is 6.07 Å². The van der Waals surface area contributed by atoms with Crippen LogP contribution in [0.15, 0.2) is 18.2 Å². The number of carbonyl (C=O) groups excluding carboxylic acids is 1. The molecule has 0 N–H and O–H groups in total. The minimum absolute atomic E-state index is 0.00963. The Hall–Kier alpha value is -1.36. The highest BCUT2D eigenvalue weighted by atomic mass is 32.2. The number of nitro groups is 1. The second-order valence-corrected chi connectivity index (χ2v) is 5.33. The van der Waals surface area contributed by atoms with Gasteiger partial charge in [-0.15, -0.1) is 0 Å². The standard InChI is InChI=1S/C12H13NO3S/c1-8-2-3-10(13(15)16)6-11(8)12(14)9-4-5-17-7-9/h2-3,6,9H,4-5,7H2,1H3. The molecule has 1 heterocycles. The lowest BCUT2D eigenvalue weighted by molar-refractivity contribution is -0.384. The van der Waals surface area contributed by atoms with Crippen LogP contribution in [0.3, 0.4) is 0 Å². The third-order valence-electron chi connectivity index (χ3n) is 3.00. The summed E-state index contributed by atoms with van der Waals surface area (Å²) >= 11 is 1.77. The highest BCUT2D eigenvalue weighted by Crippen LogP contribution is 2.28. The molecule has 1 fully saturated rings. The Balaban J connectivity index is 2.32. The Morgan fingerprint density at radius 2 is 2.29 bits per heavy atom. The molecular formula is C12H13NO3S. The van der Waals surface area contributed by atoms with E-state index in [1.165, 1.54) is 12.1 Å². The van der Waals surface area contributed by atoms with Crippen molar-refractivity contribution in [1.29, 1.82) is 0 Å². The maximum absolute atomic E-state index is 12.2. The quantitative estimate of drug-likeness (QED) is 0.471. The first-order valence-corrected chi connectivity index (χ1v) is 6.62. The van der Waals surface area contributed by atoms with Crippen molar-refractivity contribution < 1.29 is 9.72 Å². The van der Waals surface area contributed by atoms with E-state index in [0.717, 1.165) is 23.5 Å². The number of Topliss-reactive ketones (excluding diaryl/α,β-unsaturated/α-hetero) is 1. The summed E-state index contributed by atoms with van der Waals surface area (Å²) < 4.78 is 0. The van der Waals surface area contributed by atoms with Crippen molar-refractivity contribution in [2.75, 3.05) is 11.5 Å². The summed E-state index contributed by atoms with van der Waals surface area (Å²) in [6.07, 6.45) is 0.881. The topological polar surface area (TPSA) is 60.2 Å². The zero-order valence-electron chi connectivity index (χ0n) is 9.51. The van der Waals surface area contributed by atoms with Crippen molar-refractivity contribution in [1.82, 2.24) is 0 Å². The molecule has 1 saturated heterocycles. The zero-order valence-corrected chi connectivity index (χ0v) is 10.3. The molecule has 4 nitrogen and oxygen atoms in total. The van der Waals surface area contributed by atoms with Crippen LogP contribution in [0.1, 0.15) is 22.3 Å². The van der Waals surface area contributed by atoms with E-state index >= 15 is 0 Å². The van der Waals surface area contributed by atoms with Gasteiger partial charge in [-0.25, -0.2) is 0 Å². The van der Waals surface area contributed by atoms with Crippen LogP contribution in [0.5, 0.6) is 0 Å². The third kappa shape index (κ3) is 2.49. The van der Waals surface area contributed by atoms with Gasteiger partial charge in [0.15, 0.2) is 5.78 Å². The van der Waals surface area contributed by atoms with E-state index in [1.807, 2.05) is 6.92 Å². The number of aryl methyl sites for hydroxylation is 1. The lowest BCUT2D eigenvalue weighted by Gasteiger charge is -2.09. The number of nitro benzene ring substituents is 1. The van der Waals surface area contributed by atoms with Gasteiger partial charge in [-0.05, 0) is 24.7 Å². The molecule has 5 heteroatoms. The lowest BCUT2D eigenvalue weighted by atomic mass is 9.94. The molecule has 1 aromatic carbocycles. The van der Waals surface area contributed by atoms with E-state index < -0.39 is 4.92 Å². The molecule has 0 aliphatic carbocycles. The maximum atomic E-state index is 12.2. The highest BCUT2D eigenvalue weighted by molar-refractivity contribution is 7.99. The van der Waals surface area contributed by atoms with Crippen LogP contribution >= 0.6 is 11.8 Å². The maximum Gasteiger partial charge on any atom is 0.270 e. The van der Waals surface area contributed by atoms with E-state index in [9.17, 15) is 14.9 Å². The van der Waals surface area contributed by atoms with Gasteiger partial charge >= 0.3 is 0 Å². The molecule has 1 aromatic rings. The Morgan fingerprint density at radius 1 is 1.53 bits per heavy atom. The van der Waals surface area contributed by atoms with Gasteiger partial charge in [0.1, 0.15) is 0 Å². The van der Waals surface area contributed by atoms with Crippen LogP contribution in [0.25, 0.3) is 0 Å². The smallest absolute Gasteiger partial charge is 0.270 e. The summed E-state index contributed by atoms with van der Waals surface area (Å²) in [4.78, 5) is 22.4. The van der Waals surface area contributed by atoms with Crippen LogP contribution in [0.2, 0.25) is 0 Å².